The molecular formula is C31H36ClN5O5. The summed E-state index contributed by atoms with van der Waals surface area (Å²) in [6.45, 7) is 3.63. The number of hydrazone groups is 1. The lowest BCUT2D eigenvalue weighted by molar-refractivity contribution is -0.133. The molecule has 10 nitrogen and oxygen atoms in total. The number of hydrogen-bond donors (Lipinski definition) is 0. The second-order valence-corrected chi connectivity index (χ2v) is 10.7. The van der Waals surface area contributed by atoms with Crippen LogP contribution in [0.5, 0.6) is 11.5 Å². The number of amides is 2. The fourth-order valence-corrected chi connectivity index (χ4v) is 5.59. The number of rotatable bonds is 10. The molecule has 1 aromatic heterocycles. The molecular weight excluding hydrogens is 558 g/mol. The Morgan fingerprint density at radius 3 is 2.55 bits per heavy atom. The van der Waals surface area contributed by atoms with Gasteiger partial charge in [0.25, 0.3) is 11.8 Å². The first-order valence-corrected chi connectivity index (χ1v) is 14.3. The van der Waals surface area contributed by atoms with E-state index < -0.39 is 6.04 Å². The number of benzene rings is 2. The summed E-state index contributed by atoms with van der Waals surface area (Å²) in [5, 5.41) is 6.66. The van der Waals surface area contributed by atoms with Gasteiger partial charge in [0.05, 0.1) is 55.5 Å². The maximum Gasteiger partial charge on any atom is 0.262 e. The van der Waals surface area contributed by atoms with Crippen molar-refractivity contribution in [1.82, 2.24) is 19.4 Å². The molecule has 0 unspecified atom stereocenters. The van der Waals surface area contributed by atoms with Gasteiger partial charge in [0, 0.05) is 51.4 Å². The van der Waals surface area contributed by atoms with E-state index in [9.17, 15) is 9.59 Å². The van der Waals surface area contributed by atoms with E-state index in [1.807, 2.05) is 48.1 Å². The van der Waals surface area contributed by atoms with Gasteiger partial charge in [0.2, 0.25) is 0 Å². The lowest BCUT2D eigenvalue weighted by atomic mass is 9.99. The van der Waals surface area contributed by atoms with E-state index in [1.54, 1.807) is 43.4 Å². The van der Waals surface area contributed by atoms with Crippen LogP contribution in [-0.4, -0.2) is 97.1 Å². The Kier molecular flexibility index (Phi) is 9.46. The standard InChI is InChI=1S/C31H36ClN5O5/c1-34-12-6-9-27(34)26-20-28(24-19-22(40-2)10-11-29(24)41-3)37(33-26)30(38)21-36(14-13-35-15-17-42-18-16-35)31(39)23-7-4-5-8-25(23)32/h4-12,19,28H,13-18,20-21H2,1-3H3/t28-/m0/s1. The van der Waals surface area contributed by atoms with E-state index in [1.165, 1.54) is 5.01 Å². The van der Waals surface area contributed by atoms with E-state index in [0.717, 1.165) is 30.1 Å². The SMILES string of the molecule is COc1ccc(OC)c([C@@H]2CC(c3cccn3C)=NN2C(=O)CN(CCN2CCOCC2)C(=O)c2ccccc2Cl)c1. The zero-order chi connectivity index (χ0) is 29.6. The normalized spacial score (nSPS) is 17.2. The minimum absolute atomic E-state index is 0.166. The van der Waals surface area contributed by atoms with Crippen LogP contribution in [0.3, 0.4) is 0 Å². The summed E-state index contributed by atoms with van der Waals surface area (Å²) in [6, 6.07) is 15.9. The summed E-state index contributed by atoms with van der Waals surface area (Å²) >= 11 is 6.41. The summed E-state index contributed by atoms with van der Waals surface area (Å²) in [6.07, 6.45) is 2.42. The van der Waals surface area contributed by atoms with Gasteiger partial charge >= 0.3 is 0 Å². The molecule has 2 aliphatic rings. The Balaban J connectivity index is 1.46. The maximum absolute atomic E-state index is 14.1. The van der Waals surface area contributed by atoms with Gasteiger partial charge < -0.3 is 23.7 Å². The van der Waals surface area contributed by atoms with Crippen LogP contribution >= 0.6 is 11.6 Å². The Bertz CT molecular complexity index is 1450. The van der Waals surface area contributed by atoms with Gasteiger partial charge in [-0.25, -0.2) is 5.01 Å². The van der Waals surface area contributed by atoms with Crippen molar-refractivity contribution >= 4 is 29.1 Å². The van der Waals surface area contributed by atoms with Crippen molar-refractivity contribution < 1.29 is 23.8 Å². The van der Waals surface area contributed by atoms with Crippen LogP contribution in [0.25, 0.3) is 0 Å². The van der Waals surface area contributed by atoms with Gasteiger partial charge in [-0.1, -0.05) is 23.7 Å². The highest BCUT2D eigenvalue weighted by molar-refractivity contribution is 6.33. The first-order valence-electron chi connectivity index (χ1n) is 14.0. The third-order valence-electron chi connectivity index (χ3n) is 7.71. The van der Waals surface area contributed by atoms with Crippen LogP contribution in [0.15, 0.2) is 65.9 Å². The molecule has 0 bridgehead atoms. The first-order chi connectivity index (χ1) is 20.4. The van der Waals surface area contributed by atoms with Crippen LogP contribution < -0.4 is 9.47 Å². The zero-order valence-electron chi connectivity index (χ0n) is 24.2. The predicted molar refractivity (Wildman–Crippen MR) is 160 cm³/mol. The highest BCUT2D eigenvalue weighted by Gasteiger charge is 2.37. The number of halogens is 1. The average Bonchev–Trinajstić information content (AvgIpc) is 3.65. The van der Waals surface area contributed by atoms with Gasteiger partial charge in [-0.2, -0.15) is 5.10 Å². The summed E-state index contributed by atoms with van der Waals surface area (Å²) in [4.78, 5) is 31.7. The Morgan fingerprint density at radius 2 is 1.86 bits per heavy atom. The van der Waals surface area contributed by atoms with E-state index in [-0.39, 0.29) is 18.4 Å². The fourth-order valence-electron chi connectivity index (χ4n) is 5.38. The van der Waals surface area contributed by atoms with Crippen LogP contribution in [0.4, 0.5) is 0 Å². The third-order valence-corrected chi connectivity index (χ3v) is 8.04. The lowest BCUT2D eigenvalue weighted by Crippen LogP contribution is -2.46. The number of morpholine rings is 1. The Hall–Kier alpha value is -3.86. The molecule has 2 aliphatic heterocycles. The van der Waals surface area contributed by atoms with Crippen LogP contribution in [0, 0.1) is 0 Å². The van der Waals surface area contributed by atoms with E-state index in [2.05, 4.69) is 4.90 Å². The monoisotopic (exact) mass is 593 g/mol. The van der Waals surface area contributed by atoms with Crippen molar-refractivity contribution in [2.24, 2.45) is 12.1 Å². The number of aromatic nitrogens is 1. The molecule has 1 saturated heterocycles. The van der Waals surface area contributed by atoms with Crippen molar-refractivity contribution in [2.75, 3.05) is 60.2 Å². The molecule has 5 rings (SSSR count). The highest BCUT2D eigenvalue weighted by Crippen LogP contribution is 2.39. The molecule has 0 spiro atoms. The smallest absolute Gasteiger partial charge is 0.262 e. The van der Waals surface area contributed by atoms with E-state index >= 15 is 0 Å². The second-order valence-electron chi connectivity index (χ2n) is 10.3. The van der Waals surface area contributed by atoms with Crippen LogP contribution in [-0.2, 0) is 16.6 Å². The molecule has 222 valence electrons. The van der Waals surface area contributed by atoms with E-state index in [0.29, 0.717) is 54.8 Å². The molecule has 42 heavy (non-hydrogen) atoms. The largest absolute Gasteiger partial charge is 0.497 e. The molecule has 0 N–H and O–H groups in total. The van der Waals surface area contributed by atoms with Crippen molar-refractivity contribution in [2.45, 2.75) is 12.5 Å². The van der Waals surface area contributed by atoms with Crippen molar-refractivity contribution in [1.29, 1.82) is 0 Å². The number of hydrogen-bond acceptors (Lipinski definition) is 7. The fraction of sp³-hybridized carbons (Fsp3) is 0.387. The summed E-state index contributed by atoms with van der Waals surface area (Å²) in [5.41, 5.74) is 2.81. The molecule has 1 fully saturated rings. The van der Waals surface area contributed by atoms with Gasteiger partial charge in [-0.15, -0.1) is 0 Å². The number of nitrogens with zero attached hydrogens (tertiary/aromatic N) is 5. The number of carbonyl (C=O) groups excluding carboxylic acids is 2. The number of aryl methyl sites for hydroxylation is 1. The van der Waals surface area contributed by atoms with Crippen molar-refractivity contribution in [3.63, 3.8) is 0 Å². The Morgan fingerprint density at radius 1 is 1.07 bits per heavy atom. The quantitative estimate of drug-likeness (QED) is 0.355. The molecule has 2 aromatic carbocycles. The topological polar surface area (TPSA) is 88.8 Å². The molecule has 11 heteroatoms. The minimum atomic E-state index is -0.455. The first kappa shape index (κ1) is 29.6. The second kappa shape index (κ2) is 13.4. The van der Waals surface area contributed by atoms with E-state index in [4.69, 9.17) is 30.9 Å². The molecule has 0 saturated carbocycles. The predicted octanol–water partition coefficient (Wildman–Crippen LogP) is 3.85. The molecule has 2 amide bonds. The van der Waals surface area contributed by atoms with Gasteiger partial charge in [-0.05, 0) is 42.5 Å². The molecule has 3 aromatic rings. The van der Waals surface area contributed by atoms with Gasteiger partial charge in [0.15, 0.2) is 0 Å². The summed E-state index contributed by atoms with van der Waals surface area (Å²) < 4.78 is 18.6. The van der Waals surface area contributed by atoms with Gasteiger partial charge in [0.1, 0.15) is 18.0 Å². The number of ether oxygens (including phenoxy) is 3. The lowest BCUT2D eigenvalue weighted by Gasteiger charge is -2.31. The molecule has 0 aliphatic carbocycles. The van der Waals surface area contributed by atoms with Crippen molar-refractivity contribution in [3.8, 4) is 11.5 Å². The zero-order valence-corrected chi connectivity index (χ0v) is 24.9. The van der Waals surface area contributed by atoms with Crippen LogP contribution in [0.2, 0.25) is 5.02 Å². The van der Waals surface area contributed by atoms with Crippen molar-refractivity contribution in [3.05, 3.63) is 82.6 Å². The molecule has 3 heterocycles. The average molecular weight is 594 g/mol. The maximum atomic E-state index is 14.1. The summed E-state index contributed by atoms with van der Waals surface area (Å²) in [5.74, 6) is 0.657. The molecule has 0 radical (unpaired) electrons. The minimum Gasteiger partial charge on any atom is -0.497 e. The number of carbonyl (C=O) groups is 2. The summed E-state index contributed by atoms with van der Waals surface area (Å²) in [7, 11) is 5.14. The van der Waals surface area contributed by atoms with Gasteiger partial charge in [-0.3, -0.25) is 14.5 Å². The molecule has 1 atom stereocenters. The number of methoxy groups -OCH3 is 2. The highest BCUT2D eigenvalue weighted by atomic mass is 35.5. The van der Waals surface area contributed by atoms with Crippen LogP contribution in [0.1, 0.15) is 34.1 Å². The third kappa shape index (κ3) is 6.46. The Labute approximate surface area is 251 Å².